The number of carbonyl (C=O) groups excluding carboxylic acids is 1. The van der Waals surface area contributed by atoms with Crippen LogP contribution in [0.1, 0.15) is 36.5 Å². The summed E-state index contributed by atoms with van der Waals surface area (Å²) in [7, 11) is 1.64. The van der Waals surface area contributed by atoms with Gasteiger partial charge in [0.2, 0.25) is 11.8 Å². The molecule has 0 spiro atoms. The lowest BCUT2D eigenvalue weighted by Gasteiger charge is -2.16. The molecule has 3 rings (SSSR count). The second kappa shape index (κ2) is 6.17. The zero-order chi connectivity index (χ0) is 15.5. The molecule has 1 aromatic heterocycles. The molecule has 6 nitrogen and oxygen atoms in total. The van der Waals surface area contributed by atoms with Gasteiger partial charge in [0, 0.05) is 25.9 Å². The van der Waals surface area contributed by atoms with Crippen molar-refractivity contribution >= 4 is 5.91 Å². The first-order valence-corrected chi connectivity index (χ1v) is 7.42. The maximum Gasteiger partial charge on any atom is 0.232 e. The number of benzene rings is 1. The summed E-state index contributed by atoms with van der Waals surface area (Å²) in [6, 6.07) is 7.76. The smallest absolute Gasteiger partial charge is 0.232 e. The summed E-state index contributed by atoms with van der Waals surface area (Å²) in [5, 5.41) is 3.90. The van der Waals surface area contributed by atoms with E-state index in [1.807, 2.05) is 36.1 Å². The average molecular weight is 301 g/mol. The quantitative estimate of drug-likeness (QED) is 0.846. The van der Waals surface area contributed by atoms with Crippen LogP contribution < -0.4 is 4.74 Å². The molecule has 1 amide bonds. The SMILES string of the molecule is CCc1noc(C2CC(=O)N(Cc3cccc(OC)c3)C2)n1. The largest absolute Gasteiger partial charge is 0.497 e. The van der Waals surface area contributed by atoms with E-state index >= 15 is 0 Å². The molecule has 1 fully saturated rings. The van der Waals surface area contributed by atoms with Crippen molar-refractivity contribution in [2.24, 2.45) is 0 Å². The van der Waals surface area contributed by atoms with Crippen molar-refractivity contribution in [3.63, 3.8) is 0 Å². The van der Waals surface area contributed by atoms with Crippen LogP contribution in [0.15, 0.2) is 28.8 Å². The Kier molecular flexibility index (Phi) is 4.09. The average Bonchev–Trinajstić information content (AvgIpc) is 3.15. The lowest BCUT2D eigenvalue weighted by atomic mass is 10.1. The van der Waals surface area contributed by atoms with Crippen molar-refractivity contribution in [2.75, 3.05) is 13.7 Å². The van der Waals surface area contributed by atoms with E-state index in [0.717, 1.165) is 17.7 Å². The number of hydrogen-bond acceptors (Lipinski definition) is 5. The van der Waals surface area contributed by atoms with E-state index in [4.69, 9.17) is 9.26 Å². The summed E-state index contributed by atoms with van der Waals surface area (Å²) in [5.74, 6) is 2.16. The second-order valence-electron chi connectivity index (χ2n) is 5.43. The van der Waals surface area contributed by atoms with Crippen LogP contribution in [0.25, 0.3) is 0 Å². The molecule has 2 aromatic rings. The molecule has 116 valence electrons. The van der Waals surface area contributed by atoms with E-state index < -0.39 is 0 Å². The van der Waals surface area contributed by atoms with Crippen LogP contribution >= 0.6 is 0 Å². The third-order valence-electron chi connectivity index (χ3n) is 3.87. The zero-order valence-corrected chi connectivity index (χ0v) is 12.8. The fourth-order valence-corrected chi connectivity index (χ4v) is 2.66. The van der Waals surface area contributed by atoms with E-state index in [0.29, 0.717) is 31.2 Å². The van der Waals surface area contributed by atoms with Crippen LogP contribution in [0.4, 0.5) is 0 Å². The molecule has 6 heteroatoms. The van der Waals surface area contributed by atoms with Crippen LogP contribution in [-0.4, -0.2) is 34.6 Å². The molecule has 1 saturated heterocycles. The first-order chi connectivity index (χ1) is 10.7. The molecule has 22 heavy (non-hydrogen) atoms. The van der Waals surface area contributed by atoms with Gasteiger partial charge in [-0.2, -0.15) is 4.98 Å². The molecule has 1 unspecified atom stereocenters. The molecule has 0 aliphatic carbocycles. The summed E-state index contributed by atoms with van der Waals surface area (Å²) in [5.41, 5.74) is 1.05. The highest BCUT2D eigenvalue weighted by Crippen LogP contribution is 2.28. The Morgan fingerprint density at radius 3 is 3.05 bits per heavy atom. The number of rotatable bonds is 5. The predicted molar refractivity (Wildman–Crippen MR) is 79.4 cm³/mol. The topological polar surface area (TPSA) is 68.5 Å². The minimum Gasteiger partial charge on any atom is -0.497 e. The summed E-state index contributed by atoms with van der Waals surface area (Å²) in [6.45, 7) is 3.16. The summed E-state index contributed by atoms with van der Waals surface area (Å²) in [4.78, 5) is 18.4. The number of nitrogens with zero attached hydrogens (tertiary/aromatic N) is 3. The molecule has 0 radical (unpaired) electrons. The van der Waals surface area contributed by atoms with Gasteiger partial charge in [0.05, 0.1) is 13.0 Å². The van der Waals surface area contributed by atoms with Crippen molar-refractivity contribution in [1.82, 2.24) is 15.0 Å². The van der Waals surface area contributed by atoms with E-state index in [9.17, 15) is 4.79 Å². The third-order valence-corrected chi connectivity index (χ3v) is 3.87. The maximum atomic E-state index is 12.2. The van der Waals surface area contributed by atoms with Crippen LogP contribution in [0.5, 0.6) is 5.75 Å². The van der Waals surface area contributed by atoms with Crippen molar-refractivity contribution in [3.05, 3.63) is 41.5 Å². The van der Waals surface area contributed by atoms with Crippen molar-refractivity contribution in [3.8, 4) is 5.75 Å². The van der Waals surface area contributed by atoms with Crippen molar-refractivity contribution < 1.29 is 14.1 Å². The van der Waals surface area contributed by atoms with Crippen molar-refractivity contribution in [2.45, 2.75) is 32.2 Å². The Hall–Kier alpha value is -2.37. The molecule has 0 N–H and O–H groups in total. The number of aromatic nitrogens is 2. The van der Waals surface area contributed by atoms with Gasteiger partial charge in [-0.3, -0.25) is 4.79 Å². The van der Waals surface area contributed by atoms with Crippen molar-refractivity contribution in [1.29, 1.82) is 0 Å². The van der Waals surface area contributed by atoms with Crippen LogP contribution in [-0.2, 0) is 17.8 Å². The maximum absolute atomic E-state index is 12.2. The van der Waals surface area contributed by atoms with Gasteiger partial charge in [-0.05, 0) is 17.7 Å². The van der Waals surface area contributed by atoms with Gasteiger partial charge in [0.15, 0.2) is 5.82 Å². The standard InChI is InChI=1S/C16H19N3O3/c1-3-14-17-16(22-18-14)12-8-15(20)19(10-12)9-11-5-4-6-13(7-11)21-2/h4-7,12H,3,8-10H2,1-2H3. The number of ether oxygens (including phenoxy) is 1. The minimum atomic E-state index is -0.00842. The number of carbonyl (C=O) groups is 1. The Morgan fingerprint density at radius 2 is 2.32 bits per heavy atom. The highest BCUT2D eigenvalue weighted by atomic mass is 16.5. The summed E-state index contributed by atoms with van der Waals surface area (Å²) >= 11 is 0. The number of hydrogen-bond donors (Lipinski definition) is 0. The minimum absolute atomic E-state index is 0.00842. The summed E-state index contributed by atoms with van der Waals surface area (Å²) < 4.78 is 10.5. The number of likely N-dealkylation sites (tertiary alicyclic amines) is 1. The molecule has 1 aliphatic heterocycles. The summed E-state index contributed by atoms with van der Waals surface area (Å²) in [6.07, 6.45) is 1.16. The number of aryl methyl sites for hydroxylation is 1. The predicted octanol–water partition coefficient (Wildman–Crippen LogP) is 2.16. The molecular formula is C16H19N3O3. The first-order valence-electron chi connectivity index (χ1n) is 7.42. The Balaban J connectivity index is 1.69. The Morgan fingerprint density at radius 1 is 1.45 bits per heavy atom. The second-order valence-corrected chi connectivity index (χ2v) is 5.43. The highest BCUT2D eigenvalue weighted by molar-refractivity contribution is 5.79. The lowest BCUT2D eigenvalue weighted by Crippen LogP contribution is -2.24. The molecule has 1 atom stereocenters. The van der Waals surface area contributed by atoms with E-state index in [1.165, 1.54) is 0 Å². The zero-order valence-electron chi connectivity index (χ0n) is 12.8. The normalized spacial score (nSPS) is 18.0. The van der Waals surface area contributed by atoms with Gasteiger partial charge < -0.3 is 14.2 Å². The van der Waals surface area contributed by atoms with Gasteiger partial charge in [-0.25, -0.2) is 0 Å². The molecule has 1 aliphatic rings. The fraction of sp³-hybridized carbons (Fsp3) is 0.438. The van der Waals surface area contributed by atoms with Gasteiger partial charge >= 0.3 is 0 Å². The molecule has 1 aromatic carbocycles. The molecule has 2 heterocycles. The number of amides is 1. The van der Waals surface area contributed by atoms with Gasteiger partial charge in [-0.15, -0.1) is 0 Å². The Labute approximate surface area is 129 Å². The van der Waals surface area contributed by atoms with Gasteiger partial charge in [0.1, 0.15) is 5.75 Å². The van der Waals surface area contributed by atoms with E-state index in [2.05, 4.69) is 10.1 Å². The third kappa shape index (κ3) is 2.95. The Bertz CT molecular complexity index is 668. The first kappa shape index (κ1) is 14.6. The molecule has 0 bridgehead atoms. The van der Waals surface area contributed by atoms with Crippen LogP contribution in [0, 0.1) is 0 Å². The highest BCUT2D eigenvalue weighted by Gasteiger charge is 2.34. The van der Waals surface area contributed by atoms with Gasteiger partial charge in [0.25, 0.3) is 0 Å². The lowest BCUT2D eigenvalue weighted by molar-refractivity contribution is -0.128. The van der Waals surface area contributed by atoms with Crippen LogP contribution in [0.2, 0.25) is 0 Å². The van der Waals surface area contributed by atoms with E-state index in [1.54, 1.807) is 7.11 Å². The van der Waals surface area contributed by atoms with E-state index in [-0.39, 0.29) is 11.8 Å². The van der Waals surface area contributed by atoms with Gasteiger partial charge in [-0.1, -0.05) is 24.2 Å². The monoisotopic (exact) mass is 301 g/mol. The number of methoxy groups -OCH3 is 1. The molecule has 0 saturated carbocycles. The van der Waals surface area contributed by atoms with Crippen LogP contribution in [0.3, 0.4) is 0 Å². The fourth-order valence-electron chi connectivity index (χ4n) is 2.66. The molecular weight excluding hydrogens is 282 g/mol.